The summed E-state index contributed by atoms with van der Waals surface area (Å²) in [5.74, 6) is 1.67. The zero-order valence-electron chi connectivity index (χ0n) is 17.2. The zero-order valence-corrected chi connectivity index (χ0v) is 17.2. The molecule has 1 saturated heterocycles. The SMILES string of the molecule is C[C@]12CC[C@@](O)(CN=[N+]=[N-])CC1=CC[C@@H]1[C@@H]2CC[C@@]2(C)[C@H]1CCC21OCCO1. The third-order valence-electron chi connectivity index (χ3n) is 9.48. The average Bonchev–Trinajstić information content (AvgIpc) is 3.27. The molecule has 0 radical (unpaired) electrons. The lowest BCUT2D eigenvalue weighted by molar-refractivity contribution is -0.242. The molecule has 6 nitrogen and oxygen atoms in total. The number of azide groups is 1. The van der Waals surface area contributed by atoms with Crippen molar-refractivity contribution in [3.8, 4) is 0 Å². The van der Waals surface area contributed by atoms with Crippen LogP contribution in [0.1, 0.15) is 65.2 Å². The van der Waals surface area contributed by atoms with Crippen molar-refractivity contribution in [1.82, 2.24) is 0 Å². The second-order valence-corrected chi connectivity index (χ2v) is 10.5. The van der Waals surface area contributed by atoms with Crippen molar-refractivity contribution in [3.63, 3.8) is 0 Å². The minimum Gasteiger partial charge on any atom is -0.389 e. The molecule has 1 heterocycles. The van der Waals surface area contributed by atoms with Crippen molar-refractivity contribution in [1.29, 1.82) is 0 Å². The third-order valence-corrected chi connectivity index (χ3v) is 9.48. The van der Waals surface area contributed by atoms with Gasteiger partial charge in [-0.25, -0.2) is 0 Å². The Bertz CT molecular complexity index is 741. The molecule has 154 valence electrons. The molecule has 6 atom stereocenters. The summed E-state index contributed by atoms with van der Waals surface area (Å²) in [6.45, 7) is 6.51. The first-order valence-electron chi connectivity index (χ1n) is 11.1. The van der Waals surface area contributed by atoms with Gasteiger partial charge in [0.05, 0.1) is 25.4 Å². The van der Waals surface area contributed by atoms with Gasteiger partial charge in [-0.1, -0.05) is 30.6 Å². The Hall–Kier alpha value is -1.07. The Balaban J connectivity index is 1.43. The van der Waals surface area contributed by atoms with E-state index in [9.17, 15) is 5.11 Å². The smallest absolute Gasteiger partial charge is 0.174 e. The van der Waals surface area contributed by atoms with E-state index in [0.717, 1.165) is 38.9 Å². The van der Waals surface area contributed by atoms with E-state index < -0.39 is 5.60 Å². The van der Waals surface area contributed by atoms with Crippen LogP contribution in [0.2, 0.25) is 0 Å². The summed E-state index contributed by atoms with van der Waals surface area (Å²) in [4.78, 5) is 2.86. The van der Waals surface area contributed by atoms with Crippen LogP contribution >= 0.6 is 0 Å². The fourth-order valence-electron chi connectivity index (χ4n) is 7.90. The van der Waals surface area contributed by atoms with Gasteiger partial charge in [0.25, 0.3) is 0 Å². The van der Waals surface area contributed by atoms with E-state index in [4.69, 9.17) is 15.0 Å². The molecule has 1 aliphatic heterocycles. The number of fused-ring (bicyclic) bond motifs is 6. The van der Waals surface area contributed by atoms with Crippen LogP contribution in [0.5, 0.6) is 0 Å². The van der Waals surface area contributed by atoms with E-state index in [0.29, 0.717) is 24.2 Å². The first-order valence-corrected chi connectivity index (χ1v) is 11.1. The fourth-order valence-corrected chi connectivity index (χ4v) is 7.90. The Labute approximate surface area is 167 Å². The summed E-state index contributed by atoms with van der Waals surface area (Å²) >= 11 is 0. The highest BCUT2D eigenvalue weighted by Gasteiger charge is 2.66. The molecule has 5 aliphatic rings. The summed E-state index contributed by atoms with van der Waals surface area (Å²) in [7, 11) is 0. The van der Waals surface area contributed by atoms with Gasteiger partial charge in [0.2, 0.25) is 0 Å². The summed E-state index contributed by atoms with van der Waals surface area (Å²) in [5.41, 5.74) is 9.49. The van der Waals surface area contributed by atoms with Crippen LogP contribution in [-0.4, -0.2) is 36.3 Å². The standard InChI is InChI=1S/C22H33N3O3/c1-19-9-10-21(26,14-24-25-23)13-15(19)3-4-16-17(19)5-7-20(2)18(16)6-8-22(20)27-11-12-28-22/h3,16-18,26H,4-14H2,1-2H3/t16-,17+,18+,19+,20+,21+/m1/s1. The molecule has 0 aromatic carbocycles. The molecular weight excluding hydrogens is 354 g/mol. The number of aliphatic hydroxyl groups is 1. The highest BCUT2D eigenvalue weighted by molar-refractivity contribution is 5.27. The number of hydrogen-bond acceptors (Lipinski definition) is 4. The van der Waals surface area contributed by atoms with Crippen molar-refractivity contribution in [3.05, 3.63) is 22.1 Å². The van der Waals surface area contributed by atoms with Crippen LogP contribution in [-0.2, 0) is 9.47 Å². The second kappa shape index (κ2) is 6.21. The van der Waals surface area contributed by atoms with Crippen LogP contribution in [0.15, 0.2) is 16.8 Å². The topological polar surface area (TPSA) is 87.5 Å². The molecule has 6 heteroatoms. The first-order chi connectivity index (χ1) is 13.4. The molecule has 4 fully saturated rings. The van der Waals surface area contributed by atoms with Crippen molar-refractivity contribution in [2.45, 2.75) is 76.6 Å². The third kappa shape index (κ3) is 2.41. The van der Waals surface area contributed by atoms with Gasteiger partial charge in [-0.2, -0.15) is 0 Å². The molecule has 0 unspecified atom stereocenters. The van der Waals surface area contributed by atoms with Crippen LogP contribution in [0.3, 0.4) is 0 Å². The molecule has 4 aliphatic carbocycles. The fraction of sp³-hybridized carbons (Fsp3) is 0.909. The van der Waals surface area contributed by atoms with E-state index in [2.05, 4.69) is 29.9 Å². The van der Waals surface area contributed by atoms with Crippen LogP contribution in [0.25, 0.3) is 10.4 Å². The molecule has 5 rings (SSSR count). The molecule has 3 saturated carbocycles. The van der Waals surface area contributed by atoms with E-state index in [-0.39, 0.29) is 23.2 Å². The average molecular weight is 388 g/mol. The van der Waals surface area contributed by atoms with Crippen molar-refractivity contribution >= 4 is 0 Å². The molecule has 28 heavy (non-hydrogen) atoms. The van der Waals surface area contributed by atoms with E-state index in [1.807, 2.05) is 0 Å². The molecule has 0 amide bonds. The van der Waals surface area contributed by atoms with Gasteiger partial charge in [-0.15, -0.1) is 0 Å². The normalized spacial score (nSPS) is 49.0. The van der Waals surface area contributed by atoms with Gasteiger partial charge in [0.1, 0.15) is 0 Å². The van der Waals surface area contributed by atoms with Crippen LogP contribution in [0.4, 0.5) is 0 Å². The lowest BCUT2D eigenvalue weighted by Gasteiger charge is -2.59. The maximum Gasteiger partial charge on any atom is 0.174 e. The minimum absolute atomic E-state index is 0.128. The number of hydrogen-bond donors (Lipinski definition) is 1. The summed E-state index contributed by atoms with van der Waals surface area (Å²) < 4.78 is 12.5. The summed E-state index contributed by atoms with van der Waals surface area (Å²) in [6, 6.07) is 0. The second-order valence-electron chi connectivity index (χ2n) is 10.5. The van der Waals surface area contributed by atoms with Gasteiger partial charge >= 0.3 is 0 Å². The van der Waals surface area contributed by atoms with Crippen molar-refractivity contribution in [2.24, 2.45) is 33.7 Å². The largest absolute Gasteiger partial charge is 0.389 e. The maximum atomic E-state index is 10.9. The zero-order chi connectivity index (χ0) is 19.6. The molecule has 0 bridgehead atoms. The van der Waals surface area contributed by atoms with E-state index >= 15 is 0 Å². The number of allylic oxidation sites excluding steroid dienone is 1. The summed E-state index contributed by atoms with van der Waals surface area (Å²) in [6.07, 6.45) is 10.5. The van der Waals surface area contributed by atoms with Gasteiger partial charge in [-0.05, 0) is 73.6 Å². The maximum absolute atomic E-state index is 10.9. The predicted molar refractivity (Wildman–Crippen MR) is 105 cm³/mol. The quantitative estimate of drug-likeness (QED) is 0.321. The lowest BCUT2D eigenvalue weighted by atomic mass is 9.47. The van der Waals surface area contributed by atoms with Crippen molar-refractivity contribution < 1.29 is 14.6 Å². The van der Waals surface area contributed by atoms with Gasteiger partial charge in [-0.3, -0.25) is 0 Å². The predicted octanol–water partition coefficient (Wildman–Crippen LogP) is 4.73. The van der Waals surface area contributed by atoms with E-state index in [1.165, 1.54) is 24.8 Å². The van der Waals surface area contributed by atoms with E-state index in [1.54, 1.807) is 0 Å². The first kappa shape index (κ1) is 18.9. The molecule has 0 aromatic rings. The van der Waals surface area contributed by atoms with Crippen LogP contribution in [0, 0.1) is 28.6 Å². The molecule has 1 spiro atoms. The van der Waals surface area contributed by atoms with Crippen molar-refractivity contribution in [2.75, 3.05) is 19.8 Å². The molecule has 1 N–H and O–H groups in total. The number of ether oxygens (including phenoxy) is 2. The number of rotatable bonds is 2. The lowest BCUT2D eigenvalue weighted by Crippen LogP contribution is -2.56. The van der Waals surface area contributed by atoms with Gasteiger partial charge < -0.3 is 14.6 Å². The molecular formula is C22H33N3O3. The highest BCUT2D eigenvalue weighted by atomic mass is 16.7. The Morgan fingerprint density at radius 1 is 1.14 bits per heavy atom. The Morgan fingerprint density at radius 2 is 1.89 bits per heavy atom. The van der Waals surface area contributed by atoms with Gasteiger partial charge in [0, 0.05) is 16.7 Å². The van der Waals surface area contributed by atoms with Crippen LogP contribution < -0.4 is 0 Å². The monoisotopic (exact) mass is 387 g/mol. The summed E-state index contributed by atoms with van der Waals surface area (Å²) in [5, 5.41) is 14.6. The Kier molecular flexibility index (Phi) is 4.20. The molecule has 0 aromatic heterocycles. The number of nitrogens with zero attached hydrogens (tertiary/aromatic N) is 3. The van der Waals surface area contributed by atoms with Gasteiger partial charge in [0.15, 0.2) is 5.79 Å². The Morgan fingerprint density at radius 3 is 2.64 bits per heavy atom. The highest BCUT2D eigenvalue weighted by Crippen LogP contribution is 2.68. The minimum atomic E-state index is -0.865.